The molecule has 6 heteroatoms. The van der Waals surface area contributed by atoms with Crippen LogP contribution in [0.25, 0.3) is 0 Å². The molecule has 0 rings (SSSR count). The zero-order valence-corrected chi connectivity index (χ0v) is 55.1. The van der Waals surface area contributed by atoms with E-state index in [9.17, 15) is 14.4 Å². The molecule has 1 atom stereocenters. The molecule has 0 fully saturated rings. The molecule has 0 amide bonds. The van der Waals surface area contributed by atoms with Gasteiger partial charge in [-0.1, -0.05) is 353 Å². The number of allylic oxidation sites excluding steroid dienone is 4. The van der Waals surface area contributed by atoms with Gasteiger partial charge in [0.15, 0.2) is 6.10 Å². The first kappa shape index (κ1) is 78.9. The van der Waals surface area contributed by atoms with Gasteiger partial charge in [0.25, 0.3) is 0 Å². The van der Waals surface area contributed by atoms with Crippen molar-refractivity contribution in [2.45, 2.75) is 425 Å². The van der Waals surface area contributed by atoms with Crippen LogP contribution in [0.3, 0.4) is 0 Å². The van der Waals surface area contributed by atoms with Crippen molar-refractivity contribution in [3.63, 3.8) is 0 Å². The first-order chi connectivity index (χ1) is 40.0. The van der Waals surface area contributed by atoms with Crippen LogP contribution >= 0.6 is 0 Å². The van der Waals surface area contributed by atoms with Crippen molar-refractivity contribution in [3.8, 4) is 0 Å². The van der Waals surface area contributed by atoms with E-state index < -0.39 is 6.10 Å². The number of carbonyl (C=O) groups excluding carboxylic acids is 3. The van der Waals surface area contributed by atoms with Gasteiger partial charge >= 0.3 is 17.9 Å². The summed E-state index contributed by atoms with van der Waals surface area (Å²) in [7, 11) is 0. The van der Waals surface area contributed by atoms with Crippen molar-refractivity contribution in [1.29, 1.82) is 0 Å². The molecule has 0 saturated carbocycles. The summed E-state index contributed by atoms with van der Waals surface area (Å²) in [6.45, 7) is 6.68. The molecule has 0 heterocycles. The Morgan fingerprint density at radius 3 is 0.642 bits per heavy atom. The van der Waals surface area contributed by atoms with Crippen molar-refractivity contribution in [2.75, 3.05) is 13.2 Å². The van der Waals surface area contributed by atoms with E-state index in [1.54, 1.807) is 0 Å². The number of hydrogen-bond acceptors (Lipinski definition) is 6. The average molecular weight is 1140 g/mol. The van der Waals surface area contributed by atoms with Gasteiger partial charge in [-0.2, -0.15) is 0 Å². The lowest BCUT2D eigenvalue weighted by Gasteiger charge is -2.18. The van der Waals surface area contributed by atoms with Crippen molar-refractivity contribution in [1.82, 2.24) is 0 Å². The molecule has 0 aromatic carbocycles. The van der Waals surface area contributed by atoms with Gasteiger partial charge in [-0.25, -0.2) is 0 Å². The maximum Gasteiger partial charge on any atom is 0.306 e. The van der Waals surface area contributed by atoms with Gasteiger partial charge < -0.3 is 14.2 Å². The van der Waals surface area contributed by atoms with Gasteiger partial charge in [-0.3, -0.25) is 14.4 Å². The highest BCUT2D eigenvalue weighted by molar-refractivity contribution is 5.71. The molecule has 81 heavy (non-hydrogen) atoms. The Labute approximate surface area is 506 Å². The lowest BCUT2D eigenvalue weighted by molar-refractivity contribution is -0.167. The molecular weight excluding hydrogens is 997 g/mol. The lowest BCUT2D eigenvalue weighted by atomic mass is 10.0. The molecule has 0 radical (unpaired) electrons. The Balaban J connectivity index is 4.05. The van der Waals surface area contributed by atoms with Crippen LogP contribution < -0.4 is 0 Å². The summed E-state index contributed by atoms with van der Waals surface area (Å²) in [5.41, 5.74) is 0. The number of unbranched alkanes of at least 4 members (excludes halogenated alkanes) is 54. The summed E-state index contributed by atoms with van der Waals surface area (Å²) in [5, 5.41) is 0. The smallest absolute Gasteiger partial charge is 0.306 e. The van der Waals surface area contributed by atoms with Crippen LogP contribution in [0, 0.1) is 0 Å². The van der Waals surface area contributed by atoms with Crippen molar-refractivity contribution in [2.24, 2.45) is 0 Å². The zero-order chi connectivity index (χ0) is 58.5. The monoisotopic (exact) mass is 1140 g/mol. The second kappa shape index (κ2) is 70.4. The fourth-order valence-corrected chi connectivity index (χ4v) is 11.4. The van der Waals surface area contributed by atoms with Crippen LogP contribution in [0.2, 0.25) is 0 Å². The van der Waals surface area contributed by atoms with Crippen LogP contribution in [-0.4, -0.2) is 37.2 Å². The van der Waals surface area contributed by atoms with E-state index in [0.717, 1.165) is 64.2 Å². The Kier molecular flexibility index (Phi) is 68.5. The third-order valence-corrected chi connectivity index (χ3v) is 16.9. The van der Waals surface area contributed by atoms with E-state index >= 15 is 0 Å². The summed E-state index contributed by atoms with van der Waals surface area (Å²) in [6.07, 6.45) is 86.7. The van der Waals surface area contributed by atoms with E-state index in [1.165, 1.54) is 315 Å². The molecule has 0 aliphatic rings. The number of carbonyl (C=O) groups is 3. The van der Waals surface area contributed by atoms with E-state index in [-0.39, 0.29) is 31.1 Å². The third-order valence-electron chi connectivity index (χ3n) is 16.9. The highest BCUT2D eigenvalue weighted by Crippen LogP contribution is 2.19. The van der Waals surface area contributed by atoms with Gasteiger partial charge in [-0.05, 0) is 70.6 Å². The van der Waals surface area contributed by atoms with Crippen LogP contribution in [0.5, 0.6) is 0 Å². The van der Waals surface area contributed by atoms with Gasteiger partial charge in [0.05, 0.1) is 0 Å². The highest BCUT2D eigenvalue weighted by Gasteiger charge is 2.19. The van der Waals surface area contributed by atoms with Crippen molar-refractivity contribution >= 4 is 17.9 Å². The SMILES string of the molecule is CCCCC/C=C\CCCCCCCC(=O)OCC(COC(=O)CCCCCCCCCCCCCCCCCCCCCCCCCCCCCCCCCCCC)OC(=O)CCCCCCCCC/C=C\CCCCCCCC. The minimum Gasteiger partial charge on any atom is -0.462 e. The Morgan fingerprint density at radius 1 is 0.235 bits per heavy atom. The first-order valence-corrected chi connectivity index (χ1v) is 36.8. The Hall–Kier alpha value is -2.11. The number of rotatable bonds is 69. The largest absolute Gasteiger partial charge is 0.462 e. The molecule has 0 aliphatic heterocycles. The molecule has 478 valence electrons. The summed E-state index contributed by atoms with van der Waals surface area (Å²) >= 11 is 0. The Morgan fingerprint density at radius 2 is 0.407 bits per heavy atom. The molecule has 0 bridgehead atoms. The summed E-state index contributed by atoms with van der Waals surface area (Å²) in [5.74, 6) is -0.857. The summed E-state index contributed by atoms with van der Waals surface area (Å²) in [4.78, 5) is 38.3. The standard InChI is InChI=1S/C75H142O6/c1-4-7-10-13-16-19-22-25-27-29-30-31-32-33-34-35-36-37-38-39-40-41-42-43-44-45-47-48-50-53-56-59-62-65-68-74(77)80-71-72(70-79-73(76)67-64-61-58-55-52-24-21-18-15-12-9-6-3)81-75(78)69-66-63-60-57-54-51-49-46-28-26-23-20-17-14-11-8-5-2/h18,21,26,28,72H,4-17,19-20,22-25,27,29-71H2,1-3H3/b21-18-,28-26-. The van der Waals surface area contributed by atoms with Crippen LogP contribution in [0.1, 0.15) is 419 Å². The van der Waals surface area contributed by atoms with Gasteiger partial charge in [0, 0.05) is 19.3 Å². The first-order valence-electron chi connectivity index (χ1n) is 36.8. The second-order valence-corrected chi connectivity index (χ2v) is 25.2. The topological polar surface area (TPSA) is 78.9 Å². The molecule has 0 N–H and O–H groups in total. The normalized spacial score (nSPS) is 12.1. The van der Waals surface area contributed by atoms with Crippen LogP contribution in [0.15, 0.2) is 24.3 Å². The fraction of sp³-hybridized carbons (Fsp3) is 0.907. The lowest BCUT2D eigenvalue weighted by Crippen LogP contribution is -2.30. The minimum atomic E-state index is -0.775. The van der Waals surface area contributed by atoms with Crippen molar-refractivity contribution < 1.29 is 28.6 Å². The molecule has 0 aromatic heterocycles. The number of esters is 3. The van der Waals surface area contributed by atoms with Gasteiger partial charge in [-0.15, -0.1) is 0 Å². The average Bonchev–Trinajstić information content (AvgIpc) is 3.47. The predicted molar refractivity (Wildman–Crippen MR) is 353 cm³/mol. The maximum atomic E-state index is 12.9. The molecular formula is C75H142O6. The fourth-order valence-electron chi connectivity index (χ4n) is 11.4. The zero-order valence-electron chi connectivity index (χ0n) is 55.1. The number of hydrogen-bond donors (Lipinski definition) is 0. The minimum absolute atomic E-state index is 0.0706. The predicted octanol–water partition coefficient (Wildman–Crippen LogP) is 25.3. The summed E-state index contributed by atoms with van der Waals surface area (Å²) < 4.78 is 17.0. The number of ether oxygens (including phenoxy) is 3. The van der Waals surface area contributed by atoms with Gasteiger partial charge in [0.1, 0.15) is 13.2 Å². The van der Waals surface area contributed by atoms with E-state index in [4.69, 9.17) is 14.2 Å². The Bertz CT molecular complexity index is 1310. The van der Waals surface area contributed by atoms with E-state index in [2.05, 4.69) is 45.1 Å². The molecule has 6 nitrogen and oxygen atoms in total. The van der Waals surface area contributed by atoms with Crippen LogP contribution in [0.4, 0.5) is 0 Å². The molecule has 0 spiro atoms. The van der Waals surface area contributed by atoms with E-state index in [0.29, 0.717) is 19.3 Å². The van der Waals surface area contributed by atoms with Crippen LogP contribution in [-0.2, 0) is 28.6 Å². The third kappa shape index (κ3) is 68.6. The second-order valence-electron chi connectivity index (χ2n) is 25.2. The van der Waals surface area contributed by atoms with Gasteiger partial charge in [0.2, 0.25) is 0 Å². The molecule has 0 saturated heterocycles. The van der Waals surface area contributed by atoms with Crippen molar-refractivity contribution in [3.05, 3.63) is 24.3 Å². The molecule has 1 unspecified atom stereocenters. The maximum absolute atomic E-state index is 12.9. The summed E-state index contributed by atoms with van der Waals surface area (Å²) in [6, 6.07) is 0. The molecule has 0 aliphatic carbocycles. The highest BCUT2D eigenvalue weighted by atomic mass is 16.6. The quantitative estimate of drug-likeness (QED) is 0.0261. The molecule has 0 aromatic rings. The van der Waals surface area contributed by atoms with E-state index in [1.807, 2.05) is 0 Å².